The second-order valence-electron chi connectivity index (χ2n) is 3.67. The van der Waals surface area contributed by atoms with Crippen LogP contribution in [0, 0.1) is 5.92 Å². The molecular formula is C12H14. The lowest BCUT2D eigenvalue weighted by atomic mass is 9.68. The van der Waals surface area contributed by atoms with E-state index in [1.54, 1.807) is 0 Å². The van der Waals surface area contributed by atoms with Crippen LogP contribution < -0.4 is 0 Å². The first-order valence-corrected chi connectivity index (χ1v) is 4.51. The van der Waals surface area contributed by atoms with Crippen molar-refractivity contribution in [1.29, 1.82) is 0 Å². The maximum Gasteiger partial charge on any atom is -0.00619 e. The zero-order valence-electron chi connectivity index (χ0n) is 7.46. The predicted molar refractivity (Wildman–Crippen MR) is 52.1 cm³/mol. The molecule has 1 aromatic carbocycles. The van der Waals surface area contributed by atoms with E-state index >= 15 is 0 Å². The SMILES string of the molecule is C=C1C[C@H](c2ccccc2)[C@H]1C. The van der Waals surface area contributed by atoms with E-state index in [4.69, 9.17) is 0 Å². The van der Waals surface area contributed by atoms with E-state index in [0.29, 0.717) is 5.92 Å². The van der Waals surface area contributed by atoms with Crippen molar-refractivity contribution in [1.82, 2.24) is 0 Å². The third-order valence-electron chi connectivity index (χ3n) is 2.96. The van der Waals surface area contributed by atoms with E-state index in [1.807, 2.05) is 0 Å². The second-order valence-corrected chi connectivity index (χ2v) is 3.67. The Balaban J connectivity index is 2.18. The van der Waals surface area contributed by atoms with Gasteiger partial charge in [0.05, 0.1) is 0 Å². The normalized spacial score (nSPS) is 28.2. The smallest absolute Gasteiger partial charge is 0.00619 e. The molecule has 0 aromatic heterocycles. The zero-order valence-corrected chi connectivity index (χ0v) is 7.46. The molecule has 1 fully saturated rings. The van der Waals surface area contributed by atoms with Gasteiger partial charge in [0.1, 0.15) is 0 Å². The molecule has 0 spiro atoms. The van der Waals surface area contributed by atoms with Crippen molar-refractivity contribution in [2.75, 3.05) is 0 Å². The van der Waals surface area contributed by atoms with Crippen LogP contribution in [0.4, 0.5) is 0 Å². The van der Waals surface area contributed by atoms with Crippen LogP contribution in [-0.2, 0) is 0 Å². The first-order chi connectivity index (χ1) is 5.79. The molecule has 0 heteroatoms. The molecule has 0 amide bonds. The summed E-state index contributed by atoms with van der Waals surface area (Å²) in [5.41, 5.74) is 2.88. The maximum atomic E-state index is 4.02. The quantitative estimate of drug-likeness (QED) is 0.550. The van der Waals surface area contributed by atoms with E-state index < -0.39 is 0 Å². The monoisotopic (exact) mass is 158 g/mol. The summed E-state index contributed by atoms with van der Waals surface area (Å²) in [6, 6.07) is 10.7. The van der Waals surface area contributed by atoms with E-state index in [0.717, 1.165) is 5.92 Å². The van der Waals surface area contributed by atoms with Crippen LogP contribution >= 0.6 is 0 Å². The predicted octanol–water partition coefficient (Wildman–Crippen LogP) is 3.37. The highest BCUT2D eigenvalue weighted by molar-refractivity contribution is 5.30. The molecule has 0 N–H and O–H groups in total. The van der Waals surface area contributed by atoms with Gasteiger partial charge in [-0.2, -0.15) is 0 Å². The standard InChI is InChI=1S/C12H14/c1-9-8-12(10(9)2)11-6-4-3-5-7-11/h3-7,10,12H,1,8H2,2H3/t10-,12-/m0/s1. The van der Waals surface area contributed by atoms with Crippen molar-refractivity contribution in [2.24, 2.45) is 5.92 Å². The fourth-order valence-corrected chi connectivity index (χ4v) is 1.88. The minimum absolute atomic E-state index is 0.687. The number of benzene rings is 1. The van der Waals surface area contributed by atoms with Gasteiger partial charge in [0, 0.05) is 0 Å². The first kappa shape index (κ1) is 7.60. The molecule has 1 aliphatic rings. The molecule has 0 nitrogen and oxygen atoms in total. The Morgan fingerprint density at radius 3 is 2.42 bits per heavy atom. The fourth-order valence-electron chi connectivity index (χ4n) is 1.88. The Bertz CT molecular complexity index is 284. The Hall–Kier alpha value is -1.04. The lowest BCUT2D eigenvalue weighted by molar-refractivity contribution is 0.402. The van der Waals surface area contributed by atoms with Crippen LogP contribution in [0.2, 0.25) is 0 Å². The van der Waals surface area contributed by atoms with Gasteiger partial charge in [-0.1, -0.05) is 49.4 Å². The zero-order chi connectivity index (χ0) is 8.55. The highest BCUT2D eigenvalue weighted by atomic mass is 14.4. The minimum Gasteiger partial charge on any atom is -0.0995 e. The molecular weight excluding hydrogens is 144 g/mol. The van der Waals surface area contributed by atoms with Gasteiger partial charge in [-0.05, 0) is 23.8 Å². The van der Waals surface area contributed by atoms with Gasteiger partial charge in [0.2, 0.25) is 0 Å². The summed E-state index contributed by atoms with van der Waals surface area (Å²) in [6.45, 7) is 6.28. The number of hydrogen-bond acceptors (Lipinski definition) is 0. The summed E-state index contributed by atoms with van der Waals surface area (Å²) in [5.74, 6) is 1.42. The molecule has 1 aliphatic carbocycles. The number of hydrogen-bond donors (Lipinski definition) is 0. The molecule has 0 radical (unpaired) electrons. The van der Waals surface area contributed by atoms with Crippen molar-refractivity contribution in [3.05, 3.63) is 48.0 Å². The molecule has 0 aliphatic heterocycles. The van der Waals surface area contributed by atoms with Crippen molar-refractivity contribution >= 4 is 0 Å². The second kappa shape index (κ2) is 2.78. The first-order valence-electron chi connectivity index (χ1n) is 4.51. The van der Waals surface area contributed by atoms with Gasteiger partial charge in [0.25, 0.3) is 0 Å². The summed E-state index contributed by atoms with van der Waals surface area (Å²) < 4.78 is 0. The van der Waals surface area contributed by atoms with Gasteiger partial charge >= 0.3 is 0 Å². The molecule has 0 saturated heterocycles. The molecule has 12 heavy (non-hydrogen) atoms. The summed E-state index contributed by atoms with van der Waals surface area (Å²) >= 11 is 0. The third-order valence-corrected chi connectivity index (χ3v) is 2.96. The van der Waals surface area contributed by atoms with Gasteiger partial charge in [-0.3, -0.25) is 0 Å². The van der Waals surface area contributed by atoms with Gasteiger partial charge < -0.3 is 0 Å². The third kappa shape index (κ3) is 1.08. The van der Waals surface area contributed by atoms with Crippen LogP contribution in [0.5, 0.6) is 0 Å². The topological polar surface area (TPSA) is 0 Å². The van der Waals surface area contributed by atoms with Crippen molar-refractivity contribution in [3.8, 4) is 0 Å². The Kier molecular flexibility index (Phi) is 1.76. The summed E-state index contributed by atoms with van der Waals surface area (Å²) in [7, 11) is 0. The van der Waals surface area contributed by atoms with Crippen molar-refractivity contribution < 1.29 is 0 Å². The van der Waals surface area contributed by atoms with Gasteiger partial charge in [-0.15, -0.1) is 0 Å². The van der Waals surface area contributed by atoms with Crippen LogP contribution in [0.3, 0.4) is 0 Å². The molecule has 0 bridgehead atoms. The van der Waals surface area contributed by atoms with E-state index in [1.165, 1.54) is 17.6 Å². The molecule has 62 valence electrons. The molecule has 0 unspecified atom stereocenters. The van der Waals surface area contributed by atoms with Crippen molar-refractivity contribution in [2.45, 2.75) is 19.3 Å². The summed E-state index contributed by atoms with van der Waals surface area (Å²) in [4.78, 5) is 0. The summed E-state index contributed by atoms with van der Waals surface area (Å²) in [6.07, 6.45) is 1.19. The number of rotatable bonds is 1. The average Bonchev–Trinajstić information content (AvgIpc) is 2.15. The molecule has 2 rings (SSSR count). The van der Waals surface area contributed by atoms with Gasteiger partial charge in [-0.25, -0.2) is 0 Å². The minimum atomic E-state index is 0.687. The van der Waals surface area contributed by atoms with Gasteiger partial charge in [0.15, 0.2) is 0 Å². The molecule has 1 aromatic rings. The maximum absolute atomic E-state index is 4.02. The lowest BCUT2D eigenvalue weighted by Gasteiger charge is -2.37. The molecule has 2 atom stereocenters. The Morgan fingerprint density at radius 2 is 1.92 bits per heavy atom. The van der Waals surface area contributed by atoms with E-state index in [2.05, 4.69) is 43.8 Å². The van der Waals surface area contributed by atoms with Crippen LogP contribution in [-0.4, -0.2) is 0 Å². The van der Waals surface area contributed by atoms with E-state index in [-0.39, 0.29) is 0 Å². The highest BCUT2D eigenvalue weighted by Gasteiger charge is 2.31. The average molecular weight is 158 g/mol. The Labute approximate surface area is 73.9 Å². The summed E-state index contributed by atoms with van der Waals surface area (Å²) in [5, 5.41) is 0. The molecule has 1 saturated carbocycles. The highest BCUT2D eigenvalue weighted by Crippen LogP contribution is 2.45. The van der Waals surface area contributed by atoms with Crippen LogP contribution in [0.15, 0.2) is 42.5 Å². The number of allylic oxidation sites excluding steroid dienone is 1. The van der Waals surface area contributed by atoms with Crippen molar-refractivity contribution in [3.63, 3.8) is 0 Å². The van der Waals surface area contributed by atoms with E-state index in [9.17, 15) is 0 Å². The lowest BCUT2D eigenvalue weighted by Crippen LogP contribution is -2.23. The fraction of sp³-hybridized carbons (Fsp3) is 0.333. The van der Waals surface area contributed by atoms with Crippen LogP contribution in [0.1, 0.15) is 24.8 Å². The molecule has 0 heterocycles. The van der Waals surface area contributed by atoms with Crippen LogP contribution in [0.25, 0.3) is 0 Å². The Morgan fingerprint density at radius 1 is 1.25 bits per heavy atom. The largest absolute Gasteiger partial charge is 0.0995 e.